The zero-order valence-corrected chi connectivity index (χ0v) is 23.8. The molecule has 4 aromatic rings. The normalized spacial score (nSPS) is 10.1. The van der Waals surface area contributed by atoms with Crippen LogP contribution >= 0.6 is 0 Å². The van der Waals surface area contributed by atoms with E-state index >= 15 is 0 Å². The van der Waals surface area contributed by atoms with Gasteiger partial charge >= 0.3 is 11.9 Å². The molecule has 8 nitrogen and oxygen atoms in total. The average molecular weight is 573 g/mol. The number of carbonyl (C=O) groups excluding carboxylic acids is 2. The van der Waals surface area contributed by atoms with Gasteiger partial charge in [-0.05, 0) is 59.4 Å². The van der Waals surface area contributed by atoms with Crippen molar-refractivity contribution in [3.8, 4) is 23.0 Å². The summed E-state index contributed by atoms with van der Waals surface area (Å²) in [6.45, 7) is 0.783. The monoisotopic (exact) mass is 572 g/mol. The highest BCUT2D eigenvalue weighted by Crippen LogP contribution is 2.29. The molecule has 0 aliphatic carbocycles. The Hall–Kier alpha value is -4.98. The molecule has 0 saturated carbocycles. The van der Waals surface area contributed by atoms with Crippen molar-refractivity contribution in [2.24, 2.45) is 0 Å². The fraction of sp³-hybridized carbons (Fsp3) is 0.235. The van der Waals surface area contributed by atoms with E-state index in [2.05, 4.69) is 9.47 Å². The molecule has 2 N–H and O–H groups in total. The van der Waals surface area contributed by atoms with E-state index in [1.54, 1.807) is 30.3 Å². The van der Waals surface area contributed by atoms with Crippen LogP contribution < -0.4 is 9.47 Å². The van der Waals surface area contributed by atoms with Crippen molar-refractivity contribution in [1.82, 2.24) is 0 Å². The molecule has 4 aromatic carbocycles. The van der Waals surface area contributed by atoms with Gasteiger partial charge in [0.15, 0.2) is 23.0 Å². The molecule has 0 amide bonds. The first-order valence-corrected chi connectivity index (χ1v) is 13.5. The highest BCUT2D eigenvalue weighted by Gasteiger charge is 2.08. The summed E-state index contributed by atoms with van der Waals surface area (Å²) in [7, 11) is 2.73. The van der Waals surface area contributed by atoms with Gasteiger partial charge in [-0.2, -0.15) is 0 Å². The van der Waals surface area contributed by atoms with Crippen LogP contribution in [-0.2, 0) is 45.1 Å². The van der Waals surface area contributed by atoms with Crippen LogP contribution in [0.3, 0.4) is 0 Å². The van der Waals surface area contributed by atoms with Gasteiger partial charge in [0, 0.05) is 12.8 Å². The first-order chi connectivity index (χ1) is 20.4. The lowest BCUT2D eigenvalue weighted by atomic mass is 10.1. The number of methoxy groups -OCH3 is 2. The van der Waals surface area contributed by atoms with Gasteiger partial charge in [-0.15, -0.1) is 0 Å². The van der Waals surface area contributed by atoms with E-state index in [0.29, 0.717) is 50.4 Å². The number of hydrogen-bond acceptors (Lipinski definition) is 8. The molecule has 8 heteroatoms. The fourth-order valence-electron chi connectivity index (χ4n) is 3.84. The Bertz CT molecular complexity index is 1400. The average Bonchev–Trinajstić information content (AvgIpc) is 3.03. The maximum absolute atomic E-state index is 11.1. The van der Waals surface area contributed by atoms with E-state index in [-0.39, 0.29) is 23.4 Å². The van der Waals surface area contributed by atoms with Crippen LogP contribution in [0.15, 0.2) is 97.1 Å². The zero-order chi connectivity index (χ0) is 30.2. The summed E-state index contributed by atoms with van der Waals surface area (Å²) in [5, 5.41) is 19.8. The smallest absolute Gasteiger partial charge is 0.305 e. The van der Waals surface area contributed by atoms with Crippen LogP contribution in [0.25, 0.3) is 0 Å². The minimum absolute atomic E-state index is 0.0771. The number of aryl methyl sites for hydroxylation is 2. The molecule has 0 saturated heterocycles. The maximum Gasteiger partial charge on any atom is 0.305 e. The molecule has 0 radical (unpaired) electrons. The van der Waals surface area contributed by atoms with Crippen molar-refractivity contribution in [3.05, 3.63) is 119 Å². The molecule has 0 aromatic heterocycles. The summed E-state index contributed by atoms with van der Waals surface area (Å²) in [6.07, 6.45) is 1.67. The van der Waals surface area contributed by atoms with Crippen molar-refractivity contribution in [2.75, 3.05) is 14.2 Å². The largest absolute Gasteiger partial charge is 0.504 e. The van der Waals surface area contributed by atoms with Crippen LogP contribution in [0.1, 0.15) is 35.1 Å². The minimum Gasteiger partial charge on any atom is -0.504 e. The third-order valence-corrected chi connectivity index (χ3v) is 6.21. The summed E-state index contributed by atoms with van der Waals surface area (Å²) in [5.74, 6) is 0.497. The van der Waals surface area contributed by atoms with Crippen LogP contribution in [-0.4, -0.2) is 36.4 Å². The number of ether oxygens (including phenoxy) is 4. The Labute approximate surface area is 246 Å². The molecule has 0 aliphatic rings. The highest BCUT2D eigenvalue weighted by atomic mass is 16.5. The van der Waals surface area contributed by atoms with E-state index < -0.39 is 0 Å². The molecule has 0 heterocycles. The van der Waals surface area contributed by atoms with Crippen LogP contribution in [0, 0.1) is 0 Å². The van der Waals surface area contributed by atoms with Gasteiger partial charge in [0.1, 0.15) is 13.2 Å². The molecule has 42 heavy (non-hydrogen) atoms. The molecule has 0 aliphatic heterocycles. The second-order valence-electron chi connectivity index (χ2n) is 9.30. The number of hydrogen-bond donors (Lipinski definition) is 2. The fourth-order valence-corrected chi connectivity index (χ4v) is 3.84. The van der Waals surface area contributed by atoms with Crippen LogP contribution in [0.4, 0.5) is 0 Å². The number of phenolic OH excluding ortho intramolecular Hbond substituents is 2. The number of benzene rings is 4. The van der Waals surface area contributed by atoms with Crippen molar-refractivity contribution in [3.63, 3.8) is 0 Å². The zero-order valence-electron chi connectivity index (χ0n) is 23.8. The number of rotatable bonds is 12. The second-order valence-corrected chi connectivity index (χ2v) is 9.30. The van der Waals surface area contributed by atoms with Crippen LogP contribution in [0.5, 0.6) is 23.0 Å². The molecule has 4 rings (SSSR count). The maximum atomic E-state index is 11.1. The molecule has 220 valence electrons. The molecule has 0 unspecified atom stereocenters. The Morgan fingerprint density at radius 2 is 1.02 bits per heavy atom. The first-order valence-electron chi connectivity index (χ1n) is 13.5. The molecular weight excluding hydrogens is 536 g/mol. The quantitative estimate of drug-likeness (QED) is 0.194. The first kappa shape index (κ1) is 31.5. The summed E-state index contributed by atoms with van der Waals surface area (Å²) in [4.78, 5) is 22.2. The van der Waals surface area contributed by atoms with Crippen LogP contribution in [0.2, 0.25) is 0 Å². The number of aromatic hydroxyl groups is 2. The van der Waals surface area contributed by atoms with Crippen molar-refractivity contribution >= 4 is 11.9 Å². The molecular formula is C34H36O8. The Morgan fingerprint density at radius 1 is 0.548 bits per heavy atom. The van der Waals surface area contributed by atoms with Gasteiger partial charge in [0.05, 0.1) is 14.2 Å². The molecule has 0 bridgehead atoms. The Morgan fingerprint density at radius 3 is 1.52 bits per heavy atom. The second kappa shape index (κ2) is 17.0. The molecule has 0 fully saturated rings. The summed E-state index contributed by atoms with van der Waals surface area (Å²) < 4.78 is 20.4. The van der Waals surface area contributed by atoms with Crippen molar-refractivity contribution in [2.45, 2.75) is 38.9 Å². The lowest BCUT2D eigenvalue weighted by molar-refractivity contribution is -0.141. The minimum atomic E-state index is -0.265. The topological polar surface area (TPSA) is 112 Å². The summed E-state index contributed by atoms with van der Waals surface area (Å²) in [6, 6.07) is 29.7. The molecule has 0 spiro atoms. The van der Waals surface area contributed by atoms with E-state index in [1.807, 2.05) is 66.7 Å². The van der Waals surface area contributed by atoms with Gasteiger partial charge in [-0.25, -0.2) is 0 Å². The van der Waals surface area contributed by atoms with Gasteiger partial charge in [0.25, 0.3) is 0 Å². The molecule has 0 atom stereocenters. The summed E-state index contributed by atoms with van der Waals surface area (Å²) in [5.41, 5.74) is 3.84. The van der Waals surface area contributed by atoms with E-state index in [9.17, 15) is 19.8 Å². The predicted molar refractivity (Wildman–Crippen MR) is 158 cm³/mol. The standard InChI is InChI=1S/2C17H18O4/c1-20-17(19)10-8-13-7-9-16(15(18)11-13)21-12-14-5-3-2-4-6-14;1-20-17(19)10-8-13-7-9-15(18)16(11-13)21-12-14-5-3-2-4-6-14/h2*2-7,9,11,18H,8,10,12H2,1H3. The number of phenols is 2. The van der Waals surface area contributed by atoms with E-state index in [1.165, 1.54) is 14.2 Å². The Kier molecular flexibility index (Phi) is 12.7. The lowest BCUT2D eigenvalue weighted by Gasteiger charge is -2.10. The SMILES string of the molecule is COC(=O)CCc1ccc(O)c(OCc2ccccc2)c1.COC(=O)CCc1ccc(OCc2ccccc2)c(O)c1. The van der Waals surface area contributed by atoms with Gasteiger partial charge < -0.3 is 29.2 Å². The summed E-state index contributed by atoms with van der Waals surface area (Å²) >= 11 is 0. The van der Waals surface area contributed by atoms with Gasteiger partial charge in [0.2, 0.25) is 0 Å². The lowest BCUT2D eigenvalue weighted by Crippen LogP contribution is -2.02. The highest BCUT2D eigenvalue weighted by molar-refractivity contribution is 5.70. The van der Waals surface area contributed by atoms with E-state index in [4.69, 9.17) is 9.47 Å². The predicted octanol–water partition coefficient (Wildman–Crippen LogP) is 6.15. The van der Waals surface area contributed by atoms with Gasteiger partial charge in [-0.1, -0.05) is 72.8 Å². The number of carbonyl (C=O) groups is 2. The Balaban J connectivity index is 0.000000230. The van der Waals surface area contributed by atoms with E-state index in [0.717, 1.165) is 22.3 Å². The van der Waals surface area contributed by atoms with Crippen molar-refractivity contribution < 1.29 is 38.7 Å². The third kappa shape index (κ3) is 10.9. The van der Waals surface area contributed by atoms with Gasteiger partial charge in [-0.3, -0.25) is 9.59 Å². The number of esters is 2. The third-order valence-electron chi connectivity index (χ3n) is 6.21. The van der Waals surface area contributed by atoms with Crippen molar-refractivity contribution in [1.29, 1.82) is 0 Å².